The first kappa shape index (κ1) is 16.0. The first-order valence-corrected chi connectivity index (χ1v) is 6.85. The second-order valence-electron chi connectivity index (χ2n) is 4.14. The highest BCUT2D eigenvalue weighted by Gasteiger charge is 2.09. The Labute approximate surface area is 115 Å². The van der Waals surface area contributed by atoms with Crippen LogP contribution in [0.4, 0.5) is 0 Å². The summed E-state index contributed by atoms with van der Waals surface area (Å²) in [6, 6.07) is 7.45. The number of benzene rings is 1. The molecule has 0 bridgehead atoms. The summed E-state index contributed by atoms with van der Waals surface area (Å²) in [4.78, 5) is 0. The van der Waals surface area contributed by atoms with Crippen LogP contribution in [0.25, 0.3) is 0 Å². The van der Waals surface area contributed by atoms with Crippen LogP contribution >= 0.6 is 0 Å². The molecular formula is C15H24O4. The Balaban J connectivity index is 2.48. The molecule has 1 rings (SSSR count). The Morgan fingerprint density at radius 1 is 1.00 bits per heavy atom. The van der Waals surface area contributed by atoms with Gasteiger partial charge in [0.2, 0.25) is 0 Å². The van der Waals surface area contributed by atoms with Crippen molar-refractivity contribution in [1.82, 2.24) is 0 Å². The maximum atomic E-state index is 9.70. The van der Waals surface area contributed by atoms with Crippen LogP contribution in [-0.2, 0) is 9.47 Å². The van der Waals surface area contributed by atoms with E-state index in [0.29, 0.717) is 26.2 Å². The Kier molecular flexibility index (Phi) is 7.48. The molecule has 0 amide bonds. The van der Waals surface area contributed by atoms with Crippen LogP contribution in [0.2, 0.25) is 0 Å². The zero-order valence-electron chi connectivity index (χ0n) is 12.0. The van der Waals surface area contributed by atoms with Crippen LogP contribution < -0.4 is 4.74 Å². The Morgan fingerprint density at radius 2 is 1.58 bits per heavy atom. The average molecular weight is 268 g/mol. The molecule has 0 aliphatic rings. The molecule has 0 aromatic heterocycles. The maximum absolute atomic E-state index is 9.70. The lowest BCUT2D eigenvalue weighted by atomic mass is 10.1. The maximum Gasteiger partial charge on any atom is 0.191 e. The van der Waals surface area contributed by atoms with E-state index >= 15 is 0 Å². The van der Waals surface area contributed by atoms with Crippen LogP contribution in [0, 0.1) is 0 Å². The molecule has 0 aliphatic heterocycles. The molecule has 108 valence electrons. The van der Waals surface area contributed by atoms with Gasteiger partial charge < -0.3 is 19.3 Å². The Hall–Kier alpha value is -1.10. The third kappa shape index (κ3) is 5.59. The molecule has 4 nitrogen and oxygen atoms in total. The van der Waals surface area contributed by atoms with E-state index in [1.165, 1.54) is 0 Å². The quantitative estimate of drug-likeness (QED) is 0.700. The van der Waals surface area contributed by atoms with Gasteiger partial charge in [-0.3, -0.25) is 0 Å². The fourth-order valence-electron chi connectivity index (χ4n) is 1.70. The highest BCUT2D eigenvalue weighted by molar-refractivity contribution is 5.28. The molecule has 1 atom stereocenters. The number of hydrogen-bond acceptors (Lipinski definition) is 4. The molecule has 0 radical (unpaired) electrons. The van der Waals surface area contributed by atoms with Gasteiger partial charge in [0.25, 0.3) is 0 Å². The number of hydrogen-bond donors (Lipinski definition) is 1. The van der Waals surface area contributed by atoms with Gasteiger partial charge in [-0.15, -0.1) is 0 Å². The van der Waals surface area contributed by atoms with Gasteiger partial charge in [0.1, 0.15) is 12.4 Å². The minimum atomic E-state index is -0.409. The minimum absolute atomic E-state index is 0.337. The summed E-state index contributed by atoms with van der Waals surface area (Å²) in [5.41, 5.74) is 0.904. The van der Waals surface area contributed by atoms with Crippen molar-refractivity contribution in [3.8, 4) is 5.75 Å². The largest absolute Gasteiger partial charge is 0.488 e. The molecule has 4 heteroatoms. The summed E-state index contributed by atoms with van der Waals surface area (Å²) >= 11 is 0. The first-order valence-electron chi connectivity index (χ1n) is 6.85. The van der Waals surface area contributed by atoms with Gasteiger partial charge in [-0.1, -0.05) is 19.1 Å². The zero-order chi connectivity index (χ0) is 14.1. The molecule has 1 aromatic carbocycles. The van der Waals surface area contributed by atoms with Crippen molar-refractivity contribution in [3.63, 3.8) is 0 Å². The smallest absolute Gasteiger partial charge is 0.191 e. The Bertz CT molecular complexity index is 331. The average Bonchev–Trinajstić information content (AvgIpc) is 2.45. The first-order chi connectivity index (χ1) is 9.21. The van der Waals surface area contributed by atoms with Gasteiger partial charge in [0.05, 0.1) is 6.10 Å². The van der Waals surface area contributed by atoms with Crippen LogP contribution in [0.15, 0.2) is 24.3 Å². The zero-order valence-corrected chi connectivity index (χ0v) is 12.0. The molecule has 0 unspecified atom stereocenters. The van der Waals surface area contributed by atoms with E-state index in [1.54, 1.807) is 0 Å². The van der Waals surface area contributed by atoms with Gasteiger partial charge in [0, 0.05) is 13.2 Å². The van der Waals surface area contributed by atoms with Crippen molar-refractivity contribution in [3.05, 3.63) is 29.8 Å². The van der Waals surface area contributed by atoms with E-state index < -0.39 is 6.10 Å². The molecule has 1 aromatic rings. The number of aliphatic hydroxyl groups excluding tert-OH is 1. The Morgan fingerprint density at radius 3 is 2.05 bits per heavy atom. The molecule has 0 fully saturated rings. The van der Waals surface area contributed by atoms with Crippen LogP contribution in [0.1, 0.15) is 38.9 Å². The summed E-state index contributed by atoms with van der Waals surface area (Å²) in [5.74, 6) is 0.747. The minimum Gasteiger partial charge on any atom is -0.488 e. The lowest BCUT2D eigenvalue weighted by Gasteiger charge is -2.17. The van der Waals surface area contributed by atoms with E-state index in [-0.39, 0.29) is 6.29 Å². The van der Waals surface area contributed by atoms with Gasteiger partial charge in [-0.25, -0.2) is 0 Å². The summed E-state index contributed by atoms with van der Waals surface area (Å²) in [6.07, 6.45) is -0.0405. The van der Waals surface area contributed by atoms with Crippen LogP contribution in [0.3, 0.4) is 0 Å². The molecule has 1 N–H and O–H groups in total. The summed E-state index contributed by atoms with van der Waals surface area (Å²) in [6.45, 7) is 7.34. The molecular weight excluding hydrogens is 244 g/mol. The van der Waals surface area contributed by atoms with Gasteiger partial charge >= 0.3 is 0 Å². The number of ether oxygens (including phenoxy) is 3. The van der Waals surface area contributed by atoms with Crippen molar-refractivity contribution in [1.29, 1.82) is 0 Å². The summed E-state index contributed by atoms with van der Waals surface area (Å²) in [5, 5.41) is 9.70. The van der Waals surface area contributed by atoms with Crippen LogP contribution in [-0.4, -0.2) is 31.2 Å². The van der Waals surface area contributed by atoms with Crippen molar-refractivity contribution in [2.75, 3.05) is 19.8 Å². The molecule has 0 heterocycles. The molecule has 19 heavy (non-hydrogen) atoms. The van der Waals surface area contributed by atoms with Crippen molar-refractivity contribution >= 4 is 0 Å². The highest BCUT2D eigenvalue weighted by atomic mass is 16.7. The predicted molar refractivity (Wildman–Crippen MR) is 74.2 cm³/mol. The van der Waals surface area contributed by atoms with Crippen LogP contribution in [0.5, 0.6) is 5.75 Å². The molecule has 0 saturated heterocycles. The second kappa shape index (κ2) is 8.91. The van der Waals surface area contributed by atoms with E-state index in [9.17, 15) is 5.11 Å². The van der Waals surface area contributed by atoms with Gasteiger partial charge in [-0.05, 0) is 38.0 Å². The van der Waals surface area contributed by atoms with E-state index in [2.05, 4.69) is 0 Å². The van der Waals surface area contributed by atoms with E-state index in [1.807, 2.05) is 45.0 Å². The predicted octanol–water partition coefficient (Wildman–Crippen LogP) is 2.91. The third-order valence-electron chi connectivity index (χ3n) is 2.74. The number of aliphatic hydroxyl groups is 1. The SMILES string of the molecule is CCOC(COc1ccc([C@H](O)CC)cc1)OCC. The topological polar surface area (TPSA) is 47.9 Å². The van der Waals surface area contributed by atoms with Crippen molar-refractivity contribution in [2.24, 2.45) is 0 Å². The monoisotopic (exact) mass is 268 g/mol. The van der Waals surface area contributed by atoms with E-state index in [0.717, 1.165) is 11.3 Å². The van der Waals surface area contributed by atoms with Crippen molar-refractivity contribution in [2.45, 2.75) is 39.6 Å². The molecule has 0 spiro atoms. The van der Waals surface area contributed by atoms with Gasteiger partial charge in [0.15, 0.2) is 6.29 Å². The van der Waals surface area contributed by atoms with Crippen molar-refractivity contribution < 1.29 is 19.3 Å². The van der Waals surface area contributed by atoms with E-state index in [4.69, 9.17) is 14.2 Å². The molecule has 0 aliphatic carbocycles. The summed E-state index contributed by atoms with van der Waals surface area (Å²) < 4.78 is 16.4. The fraction of sp³-hybridized carbons (Fsp3) is 0.600. The number of rotatable bonds is 9. The summed E-state index contributed by atoms with van der Waals surface area (Å²) in [7, 11) is 0. The van der Waals surface area contributed by atoms with Gasteiger partial charge in [-0.2, -0.15) is 0 Å². The fourth-order valence-corrected chi connectivity index (χ4v) is 1.70. The lowest BCUT2D eigenvalue weighted by Crippen LogP contribution is -2.25. The third-order valence-corrected chi connectivity index (χ3v) is 2.74. The standard InChI is InChI=1S/C15H24O4/c1-4-14(16)12-7-9-13(10-8-12)19-11-15(17-5-2)18-6-3/h7-10,14-16H,4-6,11H2,1-3H3/t14-/m1/s1. The lowest BCUT2D eigenvalue weighted by molar-refractivity contribution is -0.152. The normalized spacial score (nSPS) is 12.7. The second-order valence-corrected chi connectivity index (χ2v) is 4.14. The molecule has 0 saturated carbocycles. The highest BCUT2D eigenvalue weighted by Crippen LogP contribution is 2.20.